The number of fused-ring (bicyclic) bond motifs is 1. The number of benzene rings is 2. The van der Waals surface area contributed by atoms with Crippen molar-refractivity contribution < 1.29 is 4.79 Å². The van der Waals surface area contributed by atoms with Crippen LogP contribution in [-0.2, 0) is 4.79 Å². The van der Waals surface area contributed by atoms with Gasteiger partial charge in [-0.15, -0.1) is 0 Å². The zero-order chi connectivity index (χ0) is 22.7. The number of carbonyl (C=O) groups is 1. The number of halogens is 1. The minimum absolute atomic E-state index is 0.176. The summed E-state index contributed by atoms with van der Waals surface area (Å²) in [7, 11) is 4.31. The van der Waals surface area contributed by atoms with E-state index in [0.717, 1.165) is 59.5 Å². The van der Waals surface area contributed by atoms with Gasteiger partial charge in [-0.05, 0) is 87.5 Å². The maximum Gasteiger partial charge on any atom is 0.248 e. The topological polar surface area (TPSA) is 48.5 Å². The number of nitrogens with one attached hydrogen (secondary N) is 1. The smallest absolute Gasteiger partial charge is 0.248 e. The van der Waals surface area contributed by atoms with Crippen molar-refractivity contribution in [3.8, 4) is 0 Å². The van der Waals surface area contributed by atoms with Crippen molar-refractivity contribution >= 4 is 46.0 Å². The molecule has 1 saturated heterocycles. The van der Waals surface area contributed by atoms with Crippen molar-refractivity contribution in [1.82, 2.24) is 9.88 Å². The number of carbonyl (C=O) groups excluding carboxylic acids is 1. The maximum absolute atomic E-state index is 12.4. The van der Waals surface area contributed by atoms with E-state index in [1.165, 1.54) is 6.08 Å². The Morgan fingerprint density at radius 2 is 1.84 bits per heavy atom. The van der Waals surface area contributed by atoms with Crippen LogP contribution in [-0.4, -0.2) is 49.0 Å². The van der Waals surface area contributed by atoms with Crippen LogP contribution >= 0.6 is 11.6 Å². The third-order valence-corrected chi connectivity index (χ3v) is 6.34. The van der Waals surface area contributed by atoms with Crippen molar-refractivity contribution in [3.05, 3.63) is 70.8 Å². The monoisotopic (exact) mass is 448 g/mol. The van der Waals surface area contributed by atoms with Crippen LogP contribution < -0.4 is 10.2 Å². The molecule has 1 aliphatic rings. The highest BCUT2D eigenvalue weighted by atomic mass is 35.5. The number of aryl methyl sites for hydroxylation is 1. The molecule has 4 rings (SSSR count). The first kappa shape index (κ1) is 22.3. The fourth-order valence-corrected chi connectivity index (χ4v) is 4.28. The van der Waals surface area contributed by atoms with E-state index >= 15 is 0 Å². The van der Waals surface area contributed by atoms with Crippen molar-refractivity contribution in [3.63, 3.8) is 0 Å². The van der Waals surface area contributed by atoms with Crippen LogP contribution in [0.3, 0.4) is 0 Å². The third kappa shape index (κ3) is 5.29. The van der Waals surface area contributed by atoms with Gasteiger partial charge in [-0.2, -0.15) is 0 Å². The molecule has 166 valence electrons. The van der Waals surface area contributed by atoms with Crippen molar-refractivity contribution in [2.75, 3.05) is 37.4 Å². The van der Waals surface area contributed by atoms with Crippen LogP contribution in [0.25, 0.3) is 17.0 Å². The largest absolute Gasteiger partial charge is 0.356 e. The molecule has 1 aromatic heterocycles. The number of pyridine rings is 1. The molecule has 0 aliphatic carbocycles. The molecule has 2 heterocycles. The number of anilines is 2. The number of hydrogen-bond acceptors (Lipinski definition) is 4. The van der Waals surface area contributed by atoms with Gasteiger partial charge in [0, 0.05) is 41.3 Å². The normalized spacial score (nSPS) is 15.1. The van der Waals surface area contributed by atoms with Crippen LogP contribution in [0.2, 0.25) is 5.02 Å². The summed E-state index contributed by atoms with van der Waals surface area (Å²) in [5, 5.41) is 4.67. The highest BCUT2D eigenvalue weighted by molar-refractivity contribution is 6.30. The van der Waals surface area contributed by atoms with Crippen molar-refractivity contribution in [2.24, 2.45) is 0 Å². The number of hydrogen-bond donors (Lipinski definition) is 1. The molecule has 0 bridgehead atoms. The Morgan fingerprint density at radius 3 is 2.53 bits per heavy atom. The summed E-state index contributed by atoms with van der Waals surface area (Å²) < 4.78 is 0. The van der Waals surface area contributed by atoms with E-state index in [1.807, 2.05) is 30.3 Å². The molecule has 2 aromatic carbocycles. The first-order valence-corrected chi connectivity index (χ1v) is 11.3. The van der Waals surface area contributed by atoms with E-state index in [2.05, 4.69) is 42.2 Å². The van der Waals surface area contributed by atoms with E-state index in [4.69, 9.17) is 16.6 Å². The Kier molecular flexibility index (Phi) is 6.77. The molecule has 32 heavy (non-hydrogen) atoms. The zero-order valence-corrected chi connectivity index (χ0v) is 19.6. The van der Waals surface area contributed by atoms with Gasteiger partial charge in [-0.3, -0.25) is 4.79 Å². The summed E-state index contributed by atoms with van der Waals surface area (Å²) in [5.74, 6) is 0.861. The van der Waals surface area contributed by atoms with Crippen LogP contribution in [0.1, 0.15) is 24.0 Å². The van der Waals surface area contributed by atoms with Gasteiger partial charge in [0.15, 0.2) is 0 Å². The third-order valence-electron chi connectivity index (χ3n) is 6.09. The zero-order valence-electron chi connectivity index (χ0n) is 18.8. The highest BCUT2D eigenvalue weighted by Gasteiger charge is 2.22. The second kappa shape index (κ2) is 9.72. The van der Waals surface area contributed by atoms with E-state index in [0.29, 0.717) is 11.1 Å². The first-order chi connectivity index (χ1) is 15.4. The molecule has 1 fully saturated rings. The highest BCUT2D eigenvalue weighted by Crippen LogP contribution is 2.27. The average molecular weight is 449 g/mol. The van der Waals surface area contributed by atoms with Gasteiger partial charge in [0.1, 0.15) is 5.82 Å². The predicted octanol–water partition coefficient (Wildman–Crippen LogP) is 5.38. The van der Waals surface area contributed by atoms with Gasteiger partial charge < -0.3 is 15.1 Å². The van der Waals surface area contributed by atoms with E-state index in [1.54, 1.807) is 18.2 Å². The minimum Gasteiger partial charge on any atom is -0.356 e. The summed E-state index contributed by atoms with van der Waals surface area (Å²) in [5.41, 5.74) is 3.79. The maximum atomic E-state index is 12.4. The lowest BCUT2D eigenvalue weighted by molar-refractivity contribution is -0.111. The average Bonchev–Trinajstić information content (AvgIpc) is 2.79. The fourth-order valence-electron chi connectivity index (χ4n) is 4.16. The molecule has 0 saturated carbocycles. The van der Waals surface area contributed by atoms with Crippen LogP contribution in [0, 0.1) is 6.92 Å². The second-order valence-electron chi connectivity index (χ2n) is 8.59. The van der Waals surface area contributed by atoms with Crippen LogP contribution in [0.4, 0.5) is 11.5 Å². The molecular formula is C26H29ClN4O. The fraction of sp³-hybridized carbons (Fsp3) is 0.308. The second-order valence-corrected chi connectivity index (χ2v) is 9.02. The molecule has 6 heteroatoms. The van der Waals surface area contributed by atoms with Crippen LogP contribution in [0.5, 0.6) is 0 Å². The van der Waals surface area contributed by atoms with Gasteiger partial charge in [0.25, 0.3) is 0 Å². The number of piperidine rings is 1. The Morgan fingerprint density at radius 1 is 1.12 bits per heavy atom. The molecule has 0 unspecified atom stereocenters. The summed E-state index contributed by atoms with van der Waals surface area (Å²) >= 11 is 5.90. The molecule has 1 amide bonds. The SMILES string of the molecule is Cc1cc(N2CCC(N(C)C)CC2)nc2ccc(NC(=O)C=Cc3ccc(Cl)cc3)cc12. The lowest BCUT2D eigenvalue weighted by Gasteiger charge is -2.36. The minimum atomic E-state index is -0.176. The molecular weight excluding hydrogens is 420 g/mol. The van der Waals surface area contributed by atoms with Crippen molar-refractivity contribution in [2.45, 2.75) is 25.8 Å². The quantitative estimate of drug-likeness (QED) is 0.532. The first-order valence-electron chi connectivity index (χ1n) is 11.0. The van der Waals surface area contributed by atoms with Gasteiger partial charge in [0.2, 0.25) is 5.91 Å². The Hall–Kier alpha value is -2.89. The number of aromatic nitrogens is 1. The molecule has 3 aromatic rings. The van der Waals surface area contributed by atoms with E-state index in [-0.39, 0.29) is 5.91 Å². The molecule has 1 aliphatic heterocycles. The van der Waals surface area contributed by atoms with E-state index < -0.39 is 0 Å². The molecule has 1 N–H and O–H groups in total. The van der Waals surface area contributed by atoms with Gasteiger partial charge in [-0.1, -0.05) is 23.7 Å². The van der Waals surface area contributed by atoms with Gasteiger partial charge in [0.05, 0.1) is 5.52 Å². The summed E-state index contributed by atoms with van der Waals surface area (Å²) in [6.45, 7) is 4.15. The predicted molar refractivity (Wildman–Crippen MR) is 135 cm³/mol. The van der Waals surface area contributed by atoms with Crippen LogP contribution in [0.15, 0.2) is 54.6 Å². The molecule has 5 nitrogen and oxygen atoms in total. The molecule has 0 radical (unpaired) electrons. The van der Waals surface area contributed by atoms with Gasteiger partial charge in [-0.25, -0.2) is 4.98 Å². The standard InChI is InChI=1S/C26H29ClN4O/c1-18-16-25(31-14-12-22(13-15-31)30(2)3)29-24-10-9-21(17-23(18)24)28-26(32)11-6-19-4-7-20(27)8-5-19/h4-11,16-17,22H,12-15H2,1-3H3,(H,28,32). The summed E-state index contributed by atoms with van der Waals surface area (Å²) in [4.78, 5) is 22.0. The Balaban J connectivity index is 1.46. The molecule has 0 spiro atoms. The van der Waals surface area contributed by atoms with E-state index in [9.17, 15) is 4.79 Å². The van der Waals surface area contributed by atoms with Crippen molar-refractivity contribution in [1.29, 1.82) is 0 Å². The number of nitrogens with zero attached hydrogens (tertiary/aromatic N) is 3. The summed E-state index contributed by atoms with van der Waals surface area (Å²) in [6, 6.07) is 16.0. The lowest BCUT2D eigenvalue weighted by Crippen LogP contribution is -2.42. The number of rotatable bonds is 5. The Labute approximate surface area is 194 Å². The molecule has 0 atom stereocenters. The lowest BCUT2D eigenvalue weighted by atomic mass is 10.0. The number of amides is 1. The van der Waals surface area contributed by atoms with Gasteiger partial charge >= 0.3 is 0 Å². The summed E-state index contributed by atoms with van der Waals surface area (Å²) in [6.07, 6.45) is 5.60. The Bertz CT molecular complexity index is 1130.